The van der Waals surface area contributed by atoms with Crippen LogP contribution in [0.25, 0.3) is 0 Å². The van der Waals surface area contributed by atoms with Gasteiger partial charge in [-0.1, -0.05) is 36.4 Å². The Bertz CT molecular complexity index is 599. The van der Waals surface area contributed by atoms with Crippen LogP contribution < -0.4 is 9.05 Å². The molecule has 0 saturated heterocycles. The van der Waals surface area contributed by atoms with Crippen LogP contribution in [0.1, 0.15) is 20.3 Å². The monoisotopic (exact) mass is 382 g/mol. The lowest BCUT2D eigenvalue weighted by Gasteiger charge is -2.29. The first-order chi connectivity index (χ1) is 12.1. The summed E-state index contributed by atoms with van der Waals surface area (Å²) >= 11 is 0. The third-order valence-electron chi connectivity index (χ3n) is 3.40. The van der Waals surface area contributed by atoms with E-state index in [0.29, 0.717) is 6.42 Å². The lowest BCUT2D eigenvalue weighted by Crippen LogP contribution is -2.34. The van der Waals surface area contributed by atoms with E-state index in [0.717, 1.165) is 11.5 Å². The summed E-state index contributed by atoms with van der Waals surface area (Å²) in [5, 5.41) is 9.67. The van der Waals surface area contributed by atoms with Gasteiger partial charge in [-0.25, -0.2) is 0 Å². The second kappa shape index (κ2) is 10.7. The van der Waals surface area contributed by atoms with Gasteiger partial charge in [0.25, 0.3) is 0 Å². The SMILES string of the molecule is CC(CC(C)(CO)OPOc1ccccc1)OPOc1ccccc1. The van der Waals surface area contributed by atoms with Gasteiger partial charge in [-0.15, -0.1) is 0 Å². The quantitative estimate of drug-likeness (QED) is 0.570. The van der Waals surface area contributed by atoms with Crippen LogP contribution in [-0.4, -0.2) is 23.4 Å². The molecule has 0 heterocycles. The summed E-state index contributed by atoms with van der Waals surface area (Å²) < 4.78 is 22.5. The van der Waals surface area contributed by atoms with E-state index < -0.39 is 5.60 Å². The Kier molecular flexibility index (Phi) is 8.60. The van der Waals surface area contributed by atoms with Crippen LogP contribution in [0.2, 0.25) is 0 Å². The van der Waals surface area contributed by atoms with Gasteiger partial charge in [0, 0.05) is 6.42 Å². The van der Waals surface area contributed by atoms with E-state index in [1.807, 2.05) is 74.5 Å². The molecule has 0 spiro atoms. The molecule has 0 radical (unpaired) electrons. The molecule has 25 heavy (non-hydrogen) atoms. The molecule has 7 heteroatoms. The second-order valence-electron chi connectivity index (χ2n) is 5.84. The zero-order valence-electron chi connectivity index (χ0n) is 14.3. The first-order valence-electron chi connectivity index (χ1n) is 7.99. The fourth-order valence-electron chi connectivity index (χ4n) is 2.09. The Hall–Kier alpha value is -1.22. The molecule has 1 N–H and O–H groups in total. The molecule has 0 fully saturated rings. The maximum atomic E-state index is 9.67. The van der Waals surface area contributed by atoms with Crippen LogP contribution in [0.5, 0.6) is 11.5 Å². The number of hydrogen-bond acceptors (Lipinski definition) is 5. The molecule has 0 aliphatic carbocycles. The molecule has 2 rings (SSSR count). The minimum atomic E-state index is -0.732. The molecule has 5 nitrogen and oxygen atoms in total. The lowest BCUT2D eigenvalue weighted by atomic mass is 10.0. The lowest BCUT2D eigenvalue weighted by molar-refractivity contribution is 0.000167. The van der Waals surface area contributed by atoms with Gasteiger partial charge < -0.3 is 23.2 Å². The van der Waals surface area contributed by atoms with E-state index in [1.165, 1.54) is 0 Å². The minimum Gasteiger partial charge on any atom is -0.450 e. The summed E-state index contributed by atoms with van der Waals surface area (Å²) in [7, 11) is -0.306. The molecule has 4 atom stereocenters. The highest BCUT2D eigenvalue weighted by Gasteiger charge is 2.28. The molecule has 0 aromatic heterocycles. The molecular formula is C18H24O5P2. The predicted molar refractivity (Wildman–Crippen MR) is 103 cm³/mol. The van der Waals surface area contributed by atoms with Crippen molar-refractivity contribution in [3.05, 3.63) is 60.7 Å². The van der Waals surface area contributed by atoms with Crippen LogP contribution in [0, 0.1) is 0 Å². The first-order valence-corrected chi connectivity index (χ1v) is 9.63. The largest absolute Gasteiger partial charge is 0.450 e. The highest BCUT2D eigenvalue weighted by Crippen LogP contribution is 2.32. The third kappa shape index (κ3) is 7.68. The maximum Gasteiger partial charge on any atom is 0.215 e. The van der Waals surface area contributed by atoms with Crippen molar-refractivity contribution < 1.29 is 23.2 Å². The highest BCUT2D eigenvalue weighted by molar-refractivity contribution is 7.27. The molecule has 0 aliphatic heterocycles. The number of hydrogen-bond donors (Lipinski definition) is 1. The van der Waals surface area contributed by atoms with Gasteiger partial charge in [-0.2, -0.15) is 0 Å². The first kappa shape index (κ1) is 20.1. The van der Waals surface area contributed by atoms with Gasteiger partial charge in [0.2, 0.25) is 18.1 Å². The normalized spacial score (nSPS) is 15.5. The van der Waals surface area contributed by atoms with Crippen molar-refractivity contribution in [2.45, 2.75) is 32.0 Å². The van der Waals surface area contributed by atoms with Crippen molar-refractivity contribution in [2.24, 2.45) is 0 Å². The summed E-state index contributed by atoms with van der Waals surface area (Å²) in [5.74, 6) is 1.51. The third-order valence-corrected chi connectivity index (χ3v) is 5.11. The second-order valence-corrected chi connectivity index (χ2v) is 7.02. The molecule has 0 amide bonds. The zero-order valence-corrected chi connectivity index (χ0v) is 16.3. The van der Waals surface area contributed by atoms with Crippen molar-refractivity contribution in [2.75, 3.05) is 6.61 Å². The van der Waals surface area contributed by atoms with Crippen LogP contribution >= 0.6 is 18.1 Å². The Morgan fingerprint density at radius 1 is 0.920 bits per heavy atom. The van der Waals surface area contributed by atoms with E-state index in [-0.39, 0.29) is 30.8 Å². The number of rotatable bonds is 11. The predicted octanol–water partition coefficient (Wildman–Crippen LogP) is 4.72. The fraction of sp³-hybridized carbons (Fsp3) is 0.333. The minimum absolute atomic E-state index is 0.109. The summed E-state index contributed by atoms with van der Waals surface area (Å²) in [6, 6.07) is 19.0. The van der Waals surface area contributed by atoms with E-state index in [2.05, 4.69) is 0 Å². The maximum absolute atomic E-state index is 9.67. The summed E-state index contributed by atoms with van der Waals surface area (Å²) in [6.07, 6.45) is 0.403. The van der Waals surface area contributed by atoms with Gasteiger partial charge in [-0.3, -0.25) is 0 Å². The number of aliphatic hydroxyl groups excluding tert-OH is 1. The summed E-state index contributed by atoms with van der Waals surface area (Å²) in [4.78, 5) is 0. The van der Waals surface area contributed by atoms with Gasteiger partial charge >= 0.3 is 0 Å². The average molecular weight is 382 g/mol. The summed E-state index contributed by atoms with van der Waals surface area (Å²) in [6.45, 7) is 3.66. The molecular weight excluding hydrogens is 358 g/mol. The highest BCUT2D eigenvalue weighted by atomic mass is 31.1. The molecule has 0 bridgehead atoms. The fourth-order valence-corrected chi connectivity index (χ4v) is 3.24. The van der Waals surface area contributed by atoms with Crippen molar-refractivity contribution in [3.8, 4) is 11.5 Å². The molecule has 136 valence electrons. The van der Waals surface area contributed by atoms with E-state index in [9.17, 15) is 5.11 Å². The van der Waals surface area contributed by atoms with Crippen LogP contribution in [-0.2, 0) is 9.05 Å². The van der Waals surface area contributed by atoms with E-state index in [4.69, 9.17) is 18.1 Å². The molecule has 2 aromatic carbocycles. The number of benzene rings is 2. The van der Waals surface area contributed by atoms with Crippen LogP contribution in [0.15, 0.2) is 60.7 Å². The van der Waals surface area contributed by atoms with E-state index >= 15 is 0 Å². The molecule has 2 aromatic rings. The van der Waals surface area contributed by atoms with Gasteiger partial charge in [0.05, 0.1) is 18.3 Å². The smallest absolute Gasteiger partial charge is 0.215 e. The summed E-state index contributed by atoms with van der Waals surface area (Å²) in [5.41, 5.74) is -0.732. The Labute approximate surface area is 152 Å². The topological polar surface area (TPSA) is 57.2 Å². The Balaban J connectivity index is 1.70. The van der Waals surface area contributed by atoms with Crippen molar-refractivity contribution in [1.82, 2.24) is 0 Å². The molecule has 0 aliphatic rings. The Morgan fingerprint density at radius 2 is 1.44 bits per heavy atom. The van der Waals surface area contributed by atoms with E-state index in [1.54, 1.807) is 0 Å². The van der Waals surface area contributed by atoms with Crippen LogP contribution in [0.3, 0.4) is 0 Å². The van der Waals surface area contributed by atoms with Gasteiger partial charge in [-0.05, 0) is 38.1 Å². The number of para-hydroxylation sites is 2. The molecule has 0 saturated carbocycles. The number of aliphatic hydroxyl groups is 1. The van der Waals surface area contributed by atoms with Crippen LogP contribution in [0.4, 0.5) is 0 Å². The Morgan fingerprint density at radius 3 is 1.96 bits per heavy atom. The zero-order chi connectivity index (χ0) is 18.0. The average Bonchev–Trinajstić information content (AvgIpc) is 2.63. The standard InChI is InChI=1S/C18H24O5P2/c1-15(20-24-21-16-9-5-3-6-10-16)13-18(2,14-19)23-25-22-17-11-7-4-8-12-17/h3-12,15,19,24-25H,13-14H2,1-2H3. The van der Waals surface area contributed by atoms with Gasteiger partial charge in [0.15, 0.2) is 0 Å². The van der Waals surface area contributed by atoms with Crippen molar-refractivity contribution >= 4 is 18.1 Å². The van der Waals surface area contributed by atoms with Crippen molar-refractivity contribution in [3.63, 3.8) is 0 Å². The van der Waals surface area contributed by atoms with Crippen molar-refractivity contribution in [1.29, 1.82) is 0 Å². The van der Waals surface area contributed by atoms with Gasteiger partial charge in [0.1, 0.15) is 11.5 Å². The molecule has 4 unspecified atom stereocenters.